The van der Waals surface area contributed by atoms with Gasteiger partial charge in [-0.1, -0.05) is 231 Å². The van der Waals surface area contributed by atoms with E-state index in [9.17, 15) is 0 Å². The molecule has 3 heteroatoms. The highest BCUT2D eigenvalue weighted by Crippen LogP contribution is 2.70. The second-order valence-electron chi connectivity index (χ2n) is 38.7. The number of fused-ring (bicyclic) bond motifs is 10. The van der Waals surface area contributed by atoms with E-state index in [0.717, 1.165) is 86.5 Å². The van der Waals surface area contributed by atoms with Crippen LogP contribution in [0.2, 0.25) is 10.0 Å². The van der Waals surface area contributed by atoms with Crippen LogP contribution in [0.4, 0.5) is 0 Å². The molecule has 0 saturated heterocycles. The molecule has 11 fully saturated rings. The van der Waals surface area contributed by atoms with Crippen LogP contribution in [0.5, 0.6) is 0 Å². The minimum atomic E-state index is 0.544. The highest BCUT2D eigenvalue weighted by atomic mass is 35.5. The Morgan fingerprint density at radius 1 is 0.366 bits per heavy atom. The number of pyridine rings is 1. The summed E-state index contributed by atoms with van der Waals surface area (Å²) >= 11 is 12.4. The van der Waals surface area contributed by atoms with Gasteiger partial charge in [-0.25, -0.2) is 0 Å². The highest BCUT2D eigenvalue weighted by Gasteiger charge is 2.63. The molecule has 5 aromatic carbocycles. The molecule has 0 bridgehead atoms. The standard InChI is InChI=1S/C24H29N.C19H24.C19H26.2C18H23Cl/c1-2-5-18(6-3-1)8-11-22-16-24(22)13-12-19-9-10-20(15-23(19)24)21-7-4-14-25-17-21;1-2-5-17-15(4-1)6-9-19(17)13-16(19)10-14-11-18(12-14)7-3-8-18;1-14-6-8-15(9-7-14)12-17-13-19(17)11-10-16-4-2-3-5-18(16)19;19-16-8-7-14-9-10-18(17(14)11-16)12-15(18)6-2-5-13-3-1-4-13;1-2-12-7-13(8-12)9-15-11-18(15)6-5-14-3-4-16(19)10-17(14)18/h4,7,9-10,14-15,17-18,22H,1-3,5-6,8,11-13,16H2;1-2,4-5,14,16H,3,6-13H2;2-5,14-15,17H,6-13H2,1H3;7-8,11,13,15H,1-6,9-10,12H2;3-4,10,12-13,15H,2,5-9,11H2,1H3. The van der Waals surface area contributed by atoms with Gasteiger partial charge in [0.25, 0.3) is 0 Å². The molecule has 0 N–H and O–H groups in total. The van der Waals surface area contributed by atoms with Crippen LogP contribution in [0.1, 0.15) is 313 Å². The third kappa shape index (κ3) is 13.6. The zero-order valence-corrected chi connectivity index (χ0v) is 64.2. The Hall–Kier alpha value is -4.17. The number of hydrogen-bond donors (Lipinski definition) is 0. The molecular weight excluding hydrogens is 1260 g/mol. The van der Waals surface area contributed by atoms with Crippen LogP contribution >= 0.6 is 23.2 Å². The minimum absolute atomic E-state index is 0.544. The molecule has 0 amide bonds. The Kier molecular flexibility index (Phi) is 19.2. The number of nitrogens with zero attached hydrogens (tertiary/aromatic N) is 1. The molecule has 1 heterocycles. The predicted octanol–water partition coefficient (Wildman–Crippen LogP) is 27.2. The van der Waals surface area contributed by atoms with Crippen LogP contribution in [0.25, 0.3) is 11.1 Å². The quantitative estimate of drug-likeness (QED) is 0.0999. The summed E-state index contributed by atoms with van der Waals surface area (Å²) < 4.78 is 0. The van der Waals surface area contributed by atoms with Crippen molar-refractivity contribution in [2.45, 2.75) is 317 Å². The lowest BCUT2D eigenvalue weighted by atomic mass is 9.51. The van der Waals surface area contributed by atoms with E-state index in [1.54, 1.807) is 87.7 Å². The summed E-state index contributed by atoms with van der Waals surface area (Å²) in [7, 11) is 0. The summed E-state index contributed by atoms with van der Waals surface area (Å²) in [5, 5.41) is 1.86. The Morgan fingerprint density at radius 3 is 1.39 bits per heavy atom. The van der Waals surface area contributed by atoms with Crippen molar-refractivity contribution in [2.75, 3.05) is 0 Å². The van der Waals surface area contributed by atoms with Gasteiger partial charge >= 0.3 is 0 Å². The molecule has 16 aliphatic carbocycles. The van der Waals surface area contributed by atoms with Crippen LogP contribution in [0.3, 0.4) is 0 Å². The topological polar surface area (TPSA) is 12.9 Å². The zero-order chi connectivity index (χ0) is 68.0. The van der Waals surface area contributed by atoms with Crippen molar-refractivity contribution < 1.29 is 0 Å². The molecule has 0 aliphatic heterocycles. The number of benzene rings is 5. The lowest BCUT2D eigenvalue weighted by molar-refractivity contribution is -0.0305. The van der Waals surface area contributed by atoms with Gasteiger partial charge in [0.2, 0.25) is 0 Å². The van der Waals surface area contributed by atoms with Crippen molar-refractivity contribution in [1.29, 1.82) is 0 Å². The van der Waals surface area contributed by atoms with Crippen LogP contribution in [0, 0.1) is 76.4 Å². The first-order chi connectivity index (χ1) is 49.4. The van der Waals surface area contributed by atoms with Crippen molar-refractivity contribution in [2.24, 2.45) is 76.4 Å². The maximum Gasteiger partial charge on any atom is 0.0409 e. The molecule has 10 atom stereocenters. The zero-order valence-electron chi connectivity index (χ0n) is 62.7. The normalized spacial score (nSPS) is 35.2. The molecule has 6 aromatic rings. The average molecular weight is 1390 g/mol. The molecule has 1 nitrogen and oxygen atoms in total. The van der Waals surface area contributed by atoms with Crippen molar-refractivity contribution in [3.05, 3.63) is 193 Å². The molecule has 10 unspecified atom stereocenters. The Balaban J connectivity index is 0.0000000911. The number of hydrogen-bond acceptors (Lipinski definition) is 1. The maximum absolute atomic E-state index is 6.21. The average Bonchev–Trinajstić information content (AvgIpc) is 1.74. The van der Waals surface area contributed by atoms with Crippen LogP contribution in [-0.4, -0.2) is 4.98 Å². The fraction of sp³-hybridized carbons (Fsp3) is 0.643. The molecule has 101 heavy (non-hydrogen) atoms. The third-order valence-electron chi connectivity index (χ3n) is 33.1. The SMILES string of the molecule is CC1CCC(CC2CC23CCc2ccccc23)CC1.CCC1CC(CC2CC23CCc2ccc(Cl)cc23)C1.Clc1ccc2c(c1)C1(CC2)CC1CCCC1CCC1.c1ccc2c(c1)CCC21CC1CC1CC2(CCC2)C1.c1cncc(-c2ccc3c(c2)C2(CC3)CC2CCC2CCCCC2)c1. The number of aromatic nitrogens is 1. The molecule has 6 spiro atoms. The second-order valence-corrected chi connectivity index (χ2v) is 39.6. The van der Waals surface area contributed by atoms with E-state index in [2.05, 4.69) is 128 Å². The summed E-state index contributed by atoms with van der Waals surface area (Å²) in [5.41, 5.74) is 22.9. The maximum atomic E-state index is 6.21. The van der Waals surface area contributed by atoms with Gasteiger partial charge in [-0.3, -0.25) is 4.98 Å². The number of rotatable bonds is 15. The fourth-order valence-electron chi connectivity index (χ4n) is 26.0. The summed E-state index contributed by atoms with van der Waals surface area (Å²) in [6.07, 6.45) is 66.9. The summed E-state index contributed by atoms with van der Waals surface area (Å²) in [6, 6.07) is 43.1. The molecular formula is C98H125Cl2N. The number of aryl methyl sites for hydroxylation is 5. The lowest BCUT2D eigenvalue weighted by Gasteiger charge is -2.54. The van der Waals surface area contributed by atoms with Crippen molar-refractivity contribution in [3.8, 4) is 11.1 Å². The molecule has 1 aromatic heterocycles. The van der Waals surface area contributed by atoms with E-state index in [-0.39, 0.29) is 0 Å². The van der Waals surface area contributed by atoms with Crippen molar-refractivity contribution >= 4 is 23.2 Å². The van der Waals surface area contributed by atoms with E-state index in [1.807, 2.05) is 18.5 Å². The van der Waals surface area contributed by atoms with E-state index in [1.165, 1.54) is 255 Å². The van der Waals surface area contributed by atoms with E-state index in [0.29, 0.717) is 27.1 Å². The van der Waals surface area contributed by atoms with Gasteiger partial charge in [-0.05, 0) is 368 Å². The van der Waals surface area contributed by atoms with Gasteiger partial charge in [-0.15, -0.1) is 0 Å². The minimum Gasteiger partial charge on any atom is -0.264 e. The van der Waals surface area contributed by atoms with E-state index in [4.69, 9.17) is 23.2 Å². The van der Waals surface area contributed by atoms with Gasteiger partial charge < -0.3 is 0 Å². The number of halogens is 2. The highest BCUT2D eigenvalue weighted by molar-refractivity contribution is 6.31. The first-order valence-electron chi connectivity index (χ1n) is 43.2. The van der Waals surface area contributed by atoms with Crippen LogP contribution in [0.15, 0.2) is 128 Å². The summed E-state index contributed by atoms with van der Waals surface area (Å²) in [4.78, 5) is 4.30. The predicted molar refractivity (Wildman–Crippen MR) is 423 cm³/mol. The first-order valence-corrected chi connectivity index (χ1v) is 44.0. The van der Waals surface area contributed by atoms with E-state index < -0.39 is 0 Å². The van der Waals surface area contributed by atoms with Crippen LogP contribution in [-0.2, 0) is 59.2 Å². The smallest absolute Gasteiger partial charge is 0.0409 e. The van der Waals surface area contributed by atoms with Gasteiger partial charge in [0.15, 0.2) is 0 Å². The van der Waals surface area contributed by atoms with Gasteiger partial charge in [0.1, 0.15) is 0 Å². The largest absolute Gasteiger partial charge is 0.264 e. The van der Waals surface area contributed by atoms with Gasteiger partial charge in [0, 0.05) is 22.4 Å². The third-order valence-corrected chi connectivity index (χ3v) is 33.6. The van der Waals surface area contributed by atoms with Crippen molar-refractivity contribution in [1.82, 2.24) is 4.98 Å². The lowest BCUT2D eigenvalue weighted by Crippen LogP contribution is -2.42. The second kappa shape index (κ2) is 28.2. The Morgan fingerprint density at radius 2 is 0.851 bits per heavy atom. The monoisotopic (exact) mass is 1390 g/mol. The van der Waals surface area contributed by atoms with Gasteiger partial charge in [0.05, 0.1) is 0 Å². The molecule has 0 radical (unpaired) electrons. The first kappa shape index (κ1) is 68.6. The Labute approximate surface area is 621 Å². The fourth-order valence-corrected chi connectivity index (χ4v) is 26.4. The molecule has 22 rings (SSSR count). The summed E-state index contributed by atoms with van der Waals surface area (Å²) in [5.74, 6) is 12.3. The molecule has 11 saturated carbocycles. The van der Waals surface area contributed by atoms with Gasteiger partial charge in [-0.2, -0.15) is 0 Å². The van der Waals surface area contributed by atoms with E-state index >= 15 is 0 Å². The summed E-state index contributed by atoms with van der Waals surface area (Å²) in [6.45, 7) is 4.77. The molecule has 536 valence electrons. The molecule has 16 aliphatic rings. The Bertz CT molecular complexity index is 3880. The van der Waals surface area contributed by atoms with Crippen molar-refractivity contribution in [3.63, 3.8) is 0 Å². The van der Waals surface area contributed by atoms with Crippen LogP contribution < -0.4 is 0 Å².